The normalized spacial score (nSPS) is 13.8. The number of aliphatic hydroxyl groups excluding tert-OH is 1. The maximum atomic E-state index is 9.85. The lowest BCUT2D eigenvalue weighted by Crippen LogP contribution is -2.41. The molecular formula is C13H22N2O. The SMILES string of the molecule is Cc1cccc(CC(O)CNC(C)(C)C)n1. The van der Waals surface area contributed by atoms with Crippen molar-refractivity contribution in [1.29, 1.82) is 0 Å². The zero-order chi connectivity index (χ0) is 12.2. The van der Waals surface area contributed by atoms with Crippen LogP contribution in [0.1, 0.15) is 32.2 Å². The molecule has 1 rings (SSSR count). The average Bonchev–Trinajstić information content (AvgIpc) is 2.14. The summed E-state index contributed by atoms with van der Waals surface area (Å²) < 4.78 is 0. The summed E-state index contributed by atoms with van der Waals surface area (Å²) in [7, 11) is 0. The van der Waals surface area contributed by atoms with Crippen molar-refractivity contribution in [3.05, 3.63) is 29.6 Å². The minimum atomic E-state index is -0.381. The molecule has 16 heavy (non-hydrogen) atoms. The van der Waals surface area contributed by atoms with E-state index in [9.17, 15) is 5.11 Å². The Balaban J connectivity index is 2.43. The molecule has 0 aliphatic heterocycles. The molecule has 3 nitrogen and oxygen atoms in total. The molecule has 2 N–H and O–H groups in total. The molecular weight excluding hydrogens is 200 g/mol. The summed E-state index contributed by atoms with van der Waals surface area (Å²) in [6, 6.07) is 5.89. The second kappa shape index (κ2) is 5.41. The second-order valence-electron chi connectivity index (χ2n) is 5.26. The highest BCUT2D eigenvalue weighted by Crippen LogP contribution is 2.03. The number of hydrogen-bond donors (Lipinski definition) is 2. The Hall–Kier alpha value is -0.930. The smallest absolute Gasteiger partial charge is 0.0720 e. The van der Waals surface area contributed by atoms with E-state index in [0.29, 0.717) is 13.0 Å². The lowest BCUT2D eigenvalue weighted by Gasteiger charge is -2.22. The van der Waals surface area contributed by atoms with Gasteiger partial charge in [0.15, 0.2) is 0 Å². The number of aryl methyl sites for hydroxylation is 1. The predicted octanol–water partition coefficient (Wildman–Crippen LogP) is 1.68. The number of β-amino-alcohol motifs (C(OH)–C–C–N with tert-alkyl or cyclic N) is 1. The van der Waals surface area contributed by atoms with Gasteiger partial charge in [0.05, 0.1) is 6.10 Å². The van der Waals surface area contributed by atoms with Crippen LogP contribution in [0.5, 0.6) is 0 Å². The van der Waals surface area contributed by atoms with Crippen molar-refractivity contribution in [3.8, 4) is 0 Å². The molecule has 3 heteroatoms. The third-order valence-corrected chi connectivity index (χ3v) is 2.26. The summed E-state index contributed by atoms with van der Waals surface area (Å²) in [6.07, 6.45) is 0.221. The number of nitrogens with zero attached hydrogens (tertiary/aromatic N) is 1. The van der Waals surface area contributed by atoms with Gasteiger partial charge in [-0.15, -0.1) is 0 Å². The van der Waals surface area contributed by atoms with E-state index in [0.717, 1.165) is 11.4 Å². The summed E-state index contributed by atoms with van der Waals surface area (Å²) in [5, 5.41) is 13.1. The first kappa shape index (κ1) is 13.1. The number of rotatable bonds is 4. The van der Waals surface area contributed by atoms with Crippen molar-refractivity contribution in [2.24, 2.45) is 0 Å². The van der Waals surface area contributed by atoms with Crippen LogP contribution in [-0.2, 0) is 6.42 Å². The highest BCUT2D eigenvalue weighted by molar-refractivity contribution is 5.10. The van der Waals surface area contributed by atoms with E-state index in [-0.39, 0.29) is 11.6 Å². The fourth-order valence-corrected chi connectivity index (χ4v) is 1.45. The molecule has 0 spiro atoms. The molecule has 0 bridgehead atoms. The molecule has 0 saturated carbocycles. The maximum Gasteiger partial charge on any atom is 0.0720 e. The van der Waals surface area contributed by atoms with E-state index in [1.54, 1.807) is 0 Å². The van der Waals surface area contributed by atoms with Gasteiger partial charge < -0.3 is 10.4 Å². The van der Waals surface area contributed by atoms with E-state index in [2.05, 4.69) is 31.1 Å². The Morgan fingerprint density at radius 1 is 1.38 bits per heavy atom. The van der Waals surface area contributed by atoms with Crippen molar-refractivity contribution in [3.63, 3.8) is 0 Å². The Labute approximate surface area is 97.9 Å². The van der Waals surface area contributed by atoms with Crippen molar-refractivity contribution in [1.82, 2.24) is 10.3 Å². The summed E-state index contributed by atoms with van der Waals surface area (Å²) in [6.45, 7) is 8.82. The zero-order valence-electron chi connectivity index (χ0n) is 10.6. The first-order chi connectivity index (χ1) is 7.37. The van der Waals surface area contributed by atoms with Gasteiger partial charge in [0.1, 0.15) is 0 Å². The lowest BCUT2D eigenvalue weighted by molar-refractivity contribution is 0.160. The van der Waals surface area contributed by atoms with Crippen LogP contribution in [0.2, 0.25) is 0 Å². The molecule has 1 aromatic rings. The summed E-state index contributed by atoms with van der Waals surface area (Å²) >= 11 is 0. The van der Waals surface area contributed by atoms with Crippen LogP contribution in [0.15, 0.2) is 18.2 Å². The Bertz CT molecular complexity index is 331. The molecule has 1 atom stereocenters. The Morgan fingerprint density at radius 3 is 2.62 bits per heavy atom. The van der Waals surface area contributed by atoms with Gasteiger partial charge in [0, 0.05) is 29.9 Å². The fourth-order valence-electron chi connectivity index (χ4n) is 1.45. The van der Waals surface area contributed by atoms with Crippen molar-refractivity contribution >= 4 is 0 Å². The van der Waals surface area contributed by atoms with E-state index in [1.165, 1.54) is 0 Å². The Kier molecular flexibility index (Phi) is 4.44. The largest absolute Gasteiger partial charge is 0.391 e. The standard InChI is InChI=1S/C13H22N2O/c1-10-6-5-7-11(15-10)8-12(16)9-14-13(2,3)4/h5-7,12,14,16H,8-9H2,1-4H3. The molecule has 0 aliphatic carbocycles. The summed E-state index contributed by atoms with van der Waals surface area (Å²) in [4.78, 5) is 4.37. The molecule has 0 amide bonds. The first-order valence-electron chi connectivity index (χ1n) is 5.72. The zero-order valence-corrected chi connectivity index (χ0v) is 10.6. The minimum Gasteiger partial charge on any atom is -0.391 e. The van der Waals surface area contributed by atoms with Crippen LogP contribution in [-0.4, -0.2) is 28.3 Å². The third kappa shape index (κ3) is 5.24. The molecule has 1 unspecified atom stereocenters. The second-order valence-corrected chi connectivity index (χ2v) is 5.26. The van der Waals surface area contributed by atoms with Crippen molar-refractivity contribution < 1.29 is 5.11 Å². The molecule has 0 aromatic carbocycles. The van der Waals surface area contributed by atoms with Crippen molar-refractivity contribution in [2.75, 3.05) is 6.54 Å². The van der Waals surface area contributed by atoms with Gasteiger partial charge in [-0.25, -0.2) is 0 Å². The van der Waals surface area contributed by atoms with Crippen LogP contribution in [0.4, 0.5) is 0 Å². The first-order valence-corrected chi connectivity index (χ1v) is 5.72. The van der Waals surface area contributed by atoms with E-state index in [4.69, 9.17) is 0 Å². The number of nitrogens with one attached hydrogen (secondary N) is 1. The van der Waals surface area contributed by atoms with Gasteiger partial charge >= 0.3 is 0 Å². The van der Waals surface area contributed by atoms with Crippen molar-refractivity contribution in [2.45, 2.75) is 45.8 Å². The van der Waals surface area contributed by atoms with E-state index >= 15 is 0 Å². The molecule has 90 valence electrons. The van der Waals surface area contributed by atoms with Gasteiger partial charge in [-0.1, -0.05) is 6.07 Å². The topological polar surface area (TPSA) is 45.1 Å². The van der Waals surface area contributed by atoms with E-state index < -0.39 is 0 Å². The quantitative estimate of drug-likeness (QED) is 0.814. The summed E-state index contributed by atoms with van der Waals surface area (Å²) in [5.41, 5.74) is 1.98. The summed E-state index contributed by atoms with van der Waals surface area (Å²) in [5.74, 6) is 0. The average molecular weight is 222 g/mol. The number of aliphatic hydroxyl groups is 1. The number of hydrogen-bond acceptors (Lipinski definition) is 3. The van der Waals surface area contributed by atoms with Gasteiger partial charge in [-0.3, -0.25) is 4.98 Å². The molecule has 1 aromatic heterocycles. The number of pyridine rings is 1. The minimum absolute atomic E-state index is 0.0427. The molecule has 0 radical (unpaired) electrons. The molecule has 1 heterocycles. The van der Waals surface area contributed by atoms with Crippen LogP contribution in [0, 0.1) is 6.92 Å². The van der Waals surface area contributed by atoms with Gasteiger partial charge in [0.2, 0.25) is 0 Å². The van der Waals surface area contributed by atoms with Gasteiger partial charge in [-0.2, -0.15) is 0 Å². The monoisotopic (exact) mass is 222 g/mol. The van der Waals surface area contributed by atoms with E-state index in [1.807, 2.05) is 25.1 Å². The molecule has 0 fully saturated rings. The van der Waals surface area contributed by atoms with Crippen LogP contribution < -0.4 is 5.32 Å². The molecule has 0 aliphatic rings. The van der Waals surface area contributed by atoms with Crippen LogP contribution in [0.25, 0.3) is 0 Å². The molecule has 0 saturated heterocycles. The highest BCUT2D eigenvalue weighted by Gasteiger charge is 2.12. The number of aromatic nitrogens is 1. The lowest BCUT2D eigenvalue weighted by atomic mass is 10.1. The Morgan fingerprint density at radius 2 is 2.06 bits per heavy atom. The van der Waals surface area contributed by atoms with Crippen LogP contribution >= 0.6 is 0 Å². The fraction of sp³-hybridized carbons (Fsp3) is 0.615. The van der Waals surface area contributed by atoms with Gasteiger partial charge in [-0.05, 0) is 39.8 Å². The predicted molar refractivity (Wildman–Crippen MR) is 66.4 cm³/mol. The third-order valence-electron chi connectivity index (χ3n) is 2.26. The van der Waals surface area contributed by atoms with Gasteiger partial charge in [0.25, 0.3) is 0 Å². The highest BCUT2D eigenvalue weighted by atomic mass is 16.3. The van der Waals surface area contributed by atoms with Crippen LogP contribution in [0.3, 0.4) is 0 Å². The maximum absolute atomic E-state index is 9.85.